The lowest BCUT2D eigenvalue weighted by Crippen LogP contribution is -2.35. The first-order valence-corrected chi connectivity index (χ1v) is 7.23. The molecular formula is C11H15BrO4S. The predicted octanol–water partition coefficient (Wildman–Crippen LogP) is 2.00. The number of aliphatic hydroxyl groups is 1. The van der Waals surface area contributed by atoms with Crippen LogP contribution >= 0.6 is 15.9 Å². The van der Waals surface area contributed by atoms with E-state index in [-0.39, 0.29) is 4.90 Å². The smallest absolute Gasteiger partial charge is 0.185 e. The van der Waals surface area contributed by atoms with Gasteiger partial charge in [-0.25, -0.2) is 8.42 Å². The molecule has 0 saturated carbocycles. The molecule has 17 heavy (non-hydrogen) atoms. The Bertz CT molecular complexity index is 508. The molecule has 0 bridgehead atoms. The standard InChI is InChI=1S/C11H15BrO4S/c1-11(2,7-13)17(14,15)8-4-5-10(16-3)9(12)6-8/h4-6,13H,7H2,1-3H3. The predicted molar refractivity (Wildman–Crippen MR) is 69.0 cm³/mol. The van der Waals surface area contributed by atoms with Gasteiger partial charge in [0.2, 0.25) is 0 Å². The number of hydrogen-bond acceptors (Lipinski definition) is 4. The second-order valence-corrected chi connectivity index (χ2v) is 7.66. The lowest BCUT2D eigenvalue weighted by molar-refractivity contribution is 0.258. The quantitative estimate of drug-likeness (QED) is 0.920. The Morgan fingerprint density at radius 3 is 2.41 bits per heavy atom. The molecule has 0 heterocycles. The van der Waals surface area contributed by atoms with E-state index in [1.54, 1.807) is 6.07 Å². The van der Waals surface area contributed by atoms with Crippen molar-refractivity contribution in [3.63, 3.8) is 0 Å². The molecule has 0 spiro atoms. The third-order valence-electron chi connectivity index (χ3n) is 2.54. The van der Waals surface area contributed by atoms with Crippen molar-refractivity contribution in [2.45, 2.75) is 23.5 Å². The zero-order valence-electron chi connectivity index (χ0n) is 9.90. The van der Waals surface area contributed by atoms with Gasteiger partial charge in [-0.3, -0.25) is 0 Å². The number of benzene rings is 1. The van der Waals surface area contributed by atoms with Gasteiger partial charge in [0.1, 0.15) is 5.75 Å². The molecule has 1 aromatic carbocycles. The topological polar surface area (TPSA) is 63.6 Å². The summed E-state index contributed by atoms with van der Waals surface area (Å²) in [5, 5.41) is 9.15. The van der Waals surface area contributed by atoms with Crippen molar-refractivity contribution in [3.8, 4) is 5.75 Å². The molecule has 6 heteroatoms. The molecule has 0 fully saturated rings. The zero-order valence-corrected chi connectivity index (χ0v) is 12.3. The molecule has 0 aliphatic rings. The summed E-state index contributed by atoms with van der Waals surface area (Å²) >= 11 is 3.24. The number of hydrogen-bond donors (Lipinski definition) is 1. The Balaban J connectivity index is 3.31. The van der Waals surface area contributed by atoms with E-state index in [0.29, 0.717) is 10.2 Å². The van der Waals surface area contributed by atoms with Gasteiger partial charge in [0.15, 0.2) is 9.84 Å². The van der Waals surface area contributed by atoms with E-state index in [0.717, 1.165) is 0 Å². The molecule has 0 atom stereocenters. The Kier molecular flexibility index (Phi) is 4.22. The summed E-state index contributed by atoms with van der Waals surface area (Å²) in [6, 6.07) is 4.52. The molecule has 0 aliphatic carbocycles. The third kappa shape index (κ3) is 2.64. The van der Waals surface area contributed by atoms with Crippen LogP contribution in [0.25, 0.3) is 0 Å². The fourth-order valence-electron chi connectivity index (χ4n) is 1.22. The third-order valence-corrected chi connectivity index (χ3v) is 5.62. The van der Waals surface area contributed by atoms with Gasteiger partial charge < -0.3 is 9.84 Å². The van der Waals surface area contributed by atoms with Gasteiger partial charge in [-0.15, -0.1) is 0 Å². The van der Waals surface area contributed by atoms with Crippen molar-refractivity contribution >= 4 is 25.8 Å². The summed E-state index contributed by atoms with van der Waals surface area (Å²) in [5.41, 5.74) is 0. The Labute approximate surface area is 110 Å². The number of methoxy groups -OCH3 is 1. The highest BCUT2D eigenvalue weighted by atomic mass is 79.9. The van der Waals surface area contributed by atoms with E-state index < -0.39 is 21.2 Å². The summed E-state index contributed by atoms with van der Waals surface area (Å²) in [4.78, 5) is 0.157. The number of aliphatic hydroxyl groups excluding tert-OH is 1. The Morgan fingerprint density at radius 2 is 2.00 bits per heavy atom. The number of sulfone groups is 1. The van der Waals surface area contributed by atoms with E-state index >= 15 is 0 Å². The average Bonchev–Trinajstić information content (AvgIpc) is 2.28. The van der Waals surface area contributed by atoms with Gasteiger partial charge in [-0.2, -0.15) is 0 Å². The second kappa shape index (κ2) is 4.96. The summed E-state index contributed by atoms with van der Waals surface area (Å²) in [7, 11) is -2.07. The first-order valence-electron chi connectivity index (χ1n) is 4.95. The molecule has 4 nitrogen and oxygen atoms in total. The highest BCUT2D eigenvalue weighted by Gasteiger charge is 2.35. The first kappa shape index (κ1) is 14.5. The van der Waals surface area contributed by atoms with Gasteiger partial charge in [0.05, 0.1) is 27.8 Å². The van der Waals surface area contributed by atoms with Gasteiger partial charge in [0.25, 0.3) is 0 Å². The highest BCUT2D eigenvalue weighted by molar-refractivity contribution is 9.10. The summed E-state index contributed by atoms with van der Waals surface area (Å²) in [6.07, 6.45) is 0. The van der Waals surface area contributed by atoms with E-state index in [1.807, 2.05) is 0 Å². The lowest BCUT2D eigenvalue weighted by Gasteiger charge is -2.22. The molecule has 1 rings (SSSR count). The number of rotatable bonds is 4. The minimum atomic E-state index is -3.57. The van der Waals surface area contributed by atoms with Crippen LogP contribution in [0.4, 0.5) is 0 Å². The Morgan fingerprint density at radius 1 is 1.41 bits per heavy atom. The van der Waals surface area contributed by atoms with Crippen molar-refractivity contribution < 1.29 is 18.3 Å². The summed E-state index contributed by atoms with van der Waals surface area (Å²) in [6.45, 7) is 2.54. The monoisotopic (exact) mass is 322 g/mol. The van der Waals surface area contributed by atoms with Crippen molar-refractivity contribution in [2.75, 3.05) is 13.7 Å². The molecule has 0 amide bonds. The average molecular weight is 323 g/mol. The van der Waals surface area contributed by atoms with Crippen LogP contribution < -0.4 is 4.74 Å². The molecule has 0 aliphatic heterocycles. The normalized spacial score (nSPS) is 12.5. The Hall–Kier alpha value is -0.590. The molecule has 0 aromatic heterocycles. The van der Waals surface area contributed by atoms with Crippen LogP contribution in [0, 0.1) is 0 Å². The molecule has 0 unspecified atom stereocenters. The second-order valence-electron chi connectivity index (χ2n) is 4.22. The zero-order chi connectivity index (χ0) is 13.3. The molecule has 0 saturated heterocycles. The van der Waals surface area contributed by atoms with Gasteiger partial charge in [-0.1, -0.05) is 0 Å². The molecule has 0 radical (unpaired) electrons. The van der Waals surface area contributed by atoms with Gasteiger partial charge in [-0.05, 0) is 48.0 Å². The van der Waals surface area contributed by atoms with Crippen LogP contribution in [0.5, 0.6) is 5.75 Å². The summed E-state index contributed by atoms with van der Waals surface area (Å²) < 4.78 is 28.8. The lowest BCUT2D eigenvalue weighted by atomic mass is 10.2. The van der Waals surface area contributed by atoms with E-state index in [2.05, 4.69) is 15.9 Å². The van der Waals surface area contributed by atoms with Crippen molar-refractivity contribution in [2.24, 2.45) is 0 Å². The van der Waals surface area contributed by atoms with Gasteiger partial charge in [0, 0.05) is 0 Å². The van der Waals surface area contributed by atoms with Crippen LogP contribution in [0.1, 0.15) is 13.8 Å². The van der Waals surface area contributed by atoms with Crippen LogP contribution in [-0.2, 0) is 9.84 Å². The summed E-state index contributed by atoms with van der Waals surface area (Å²) in [5.74, 6) is 0.561. The van der Waals surface area contributed by atoms with Crippen LogP contribution in [0.3, 0.4) is 0 Å². The highest BCUT2D eigenvalue weighted by Crippen LogP contribution is 2.31. The maximum Gasteiger partial charge on any atom is 0.185 e. The molecule has 1 N–H and O–H groups in total. The van der Waals surface area contributed by atoms with Crippen molar-refractivity contribution in [3.05, 3.63) is 22.7 Å². The van der Waals surface area contributed by atoms with E-state index in [9.17, 15) is 8.42 Å². The molecule has 96 valence electrons. The minimum absolute atomic E-state index is 0.157. The van der Waals surface area contributed by atoms with E-state index in [4.69, 9.17) is 9.84 Å². The fourth-order valence-corrected chi connectivity index (χ4v) is 3.24. The van der Waals surface area contributed by atoms with Gasteiger partial charge >= 0.3 is 0 Å². The first-order chi connectivity index (χ1) is 7.76. The van der Waals surface area contributed by atoms with Crippen molar-refractivity contribution in [1.82, 2.24) is 0 Å². The maximum absolute atomic E-state index is 12.2. The van der Waals surface area contributed by atoms with E-state index in [1.165, 1.54) is 33.1 Å². The number of ether oxygens (including phenoxy) is 1. The van der Waals surface area contributed by atoms with Crippen LogP contribution in [0.2, 0.25) is 0 Å². The SMILES string of the molecule is COc1ccc(S(=O)(=O)C(C)(C)CO)cc1Br. The minimum Gasteiger partial charge on any atom is -0.496 e. The number of halogens is 1. The maximum atomic E-state index is 12.2. The van der Waals surface area contributed by atoms with Crippen LogP contribution in [0.15, 0.2) is 27.6 Å². The molecule has 1 aromatic rings. The largest absolute Gasteiger partial charge is 0.496 e. The van der Waals surface area contributed by atoms with Crippen molar-refractivity contribution in [1.29, 1.82) is 0 Å². The fraction of sp³-hybridized carbons (Fsp3) is 0.455. The van der Waals surface area contributed by atoms with Crippen LogP contribution in [-0.4, -0.2) is 32.0 Å². The molecular weight excluding hydrogens is 308 g/mol.